The van der Waals surface area contributed by atoms with Gasteiger partial charge in [0.25, 0.3) is 0 Å². The van der Waals surface area contributed by atoms with Crippen molar-refractivity contribution >= 4 is 26.2 Å². The van der Waals surface area contributed by atoms with E-state index in [0.29, 0.717) is 0 Å². The van der Waals surface area contributed by atoms with Crippen molar-refractivity contribution in [2.45, 2.75) is 25.6 Å². The van der Waals surface area contributed by atoms with E-state index in [9.17, 15) is 0 Å². The molecule has 0 radical (unpaired) electrons. The third kappa shape index (κ3) is 6.97. The molecule has 2 rings (SSSR count). The summed E-state index contributed by atoms with van der Waals surface area (Å²) in [5, 5.41) is 0. The van der Waals surface area contributed by atoms with Crippen molar-refractivity contribution in [1.29, 1.82) is 0 Å². The van der Waals surface area contributed by atoms with Gasteiger partial charge in [0, 0.05) is 6.42 Å². The lowest BCUT2D eigenvalue weighted by atomic mass is 10.2. The second-order valence-electron chi connectivity index (χ2n) is 4.58. The Labute approximate surface area is 139 Å². The normalized spacial score (nSPS) is 10.0. The summed E-state index contributed by atoms with van der Waals surface area (Å²) in [6.45, 7) is 0. The van der Waals surface area contributed by atoms with Crippen LogP contribution < -0.4 is 9.47 Å². The van der Waals surface area contributed by atoms with Gasteiger partial charge in [-0.15, -0.1) is 26.2 Å². The first-order chi connectivity index (χ1) is 9.88. The van der Waals surface area contributed by atoms with Crippen LogP contribution in [0.25, 0.3) is 0 Å². The summed E-state index contributed by atoms with van der Waals surface area (Å²) in [5.74, 6) is 1.69. The minimum atomic E-state index is -0.239. The van der Waals surface area contributed by atoms with Crippen molar-refractivity contribution in [1.82, 2.24) is 0 Å². The highest BCUT2D eigenvalue weighted by atomic mass is 79.9. The Hall–Kier alpha value is -1.05. The second kappa shape index (κ2) is 10.6. The fourth-order valence-corrected chi connectivity index (χ4v) is 2.19. The molecule has 0 N–H and O–H groups in total. The smallest absolute Gasteiger partial charge is 0.241 e. The number of hydrogen-bond donors (Lipinski definition) is 0. The number of halogens is 1. The Morgan fingerprint density at radius 1 is 0.762 bits per heavy atom. The summed E-state index contributed by atoms with van der Waals surface area (Å²) in [7, 11) is 2.76. The number of unbranched alkanes of at least 4 members (excludes halogenated alkanes) is 1. The van der Waals surface area contributed by atoms with Crippen LogP contribution in [0.2, 0.25) is 0 Å². The summed E-state index contributed by atoms with van der Waals surface area (Å²) in [6, 6.07) is 19.7. The van der Waals surface area contributed by atoms with Crippen molar-refractivity contribution in [2.24, 2.45) is 0 Å². The molecule has 0 saturated carbocycles. The van der Waals surface area contributed by atoms with Crippen molar-refractivity contribution in [3.63, 3.8) is 0 Å². The minimum Gasteiger partial charge on any atom is -0.455 e. The van der Waals surface area contributed by atoms with E-state index in [4.69, 9.17) is 9.47 Å². The van der Waals surface area contributed by atoms with Crippen LogP contribution in [-0.2, 0) is 0 Å². The number of benzene rings is 2. The minimum absolute atomic E-state index is 0. The van der Waals surface area contributed by atoms with Gasteiger partial charge in [-0.05, 0) is 43.3 Å². The van der Waals surface area contributed by atoms with Gasteiger partial charge >= 0.3 is 0 Å². The molecule has 2 aromatic carbocycles. The first kappa shape index (κ1) is 18.0. The maximum Gasteiger partial charge on any atom is 0.241 e. The third-order valence-electron chi connectivity index (χ3n) is 2.92. The highest BCUT2D eigenvalue weighted by Gasteiger charge is 2.11. The molecule has 0 fully saturated rings. The van der Waals surface area contributed by atoms with Crippen LogP contribution in [-0.4, -0.2) is 12.5 Å². The first-order valence-electron chi connectivity index (χ1n) is 7.02. The average molecular weight is 369 g/mol. The molecule has 0 spiro atoms. The van der Waals surface area contributed by atoms with Gasteiger partial charge in [0.05, 0.1) is 0 Å². The van der Waals surface area contributed by atoms with Gasteiger partial charge in [0.15, 0.2) is 0 Å². The Balaban J connectivity index is 0.00000220. The monoisotopic (exact) mass is 368 g/mol. The van der Waals surface area contributed by atoms with Crippen molar-refractivity contribution in [3.8, 4) is 11.5 Å². The van der Waals surface area contributed by atoms with E-state index in [0.717, 1.165) is 36.9 Å². The van der Waals surface area contributed by atoms with Crippen molar-refractivity contribution < 1.29 is 9.47 Å². The average Bonchev–Trinajstić information content (AvgIpc) is 2.49. The Morgan fingerprint density at radius 2 is 1.24 bits per heavy atom. The molecule has 21 heavy (non-hydrogen) atoms. The number of hydrogen-bond acceptors (Lipinski definition) is 2. The van der Waals surface area contributed by atoms with Gasteiger partial charge < -0.3 is 9.47 Å². The van der Waals surface area contributed by atoms with E-state index in [1.165, 1.54) is 0 Å². The molecule has 0 saturated heterocycles. The van der Waals surface area contributed by atoms with Gasteiger partial charge in [-0.2, -0.15) is 0 Å². The molecule has 0 aliphatic carbocycles. The van der Waals surface area contributed by atoms with E-state index in [1.54, 1.807) is 0 Å². The standard InChI is InChI=1S/C17H21O2P.BrH/c20-14-8-7-13-17(18-15-9-3-1-4-10-15)19-16-11-5-2-6-12-16;/h1-6,9-12,17H,7-8,13-14,20H2;1H. The van der Waals surface area contributed by atoms with Crippen LogP contribution in [0, 0.1) is 0 Å². The van der Waals surface area contributed by atoms with E-state index >= 15 is 0 Å². The number of ether oxygens (including phenoxy) is 2. The zero-order valence-electron chi connectivity index (χ0n) is 12.0. The summed E-state index contributed by atoms with van der Waals surface area (Å²) < 4.78 is 11.9. The SMILES string of the molecule is Br.PCCCCC(Oc1ccccc1)Oc1ccccc1. The lowest BCUT2D eigenvalue weighted by Gasteiger charge is -2.20. The first-order valence-corrected chi connectivity index (χ1v) is 7.83. The molecular weight excluding hydrogens is 347 g/mol. The maximum absolute atomic E-state index is 5.94. The second-order valence-corrected chi connectivity index (χ2v) is 5.15. The van der Waals surface area contributed by atoms with Gasteiger partial charge in [-0.3, -0.25) is 0 Å². The van der Waals surface area contributed by atoms with E-state index in [2.05, 4.69) is 9.24 Å². The largest absolute Gasteiger partial charge is 0.455 e. The molecule has 2 aromatic rings. The molecule has 1 atom stereocenters. The van der Waals surface area contributed by atoms with Gasteiger partial charge in [-0.25, -0.2) is 0 Å². The Kier molecular flexibility index (Phi) is 9.12. The molecule has 0 aliphatic heterocycles. The molecule has 1 unspecified atom stereocenters. The molecule has 114 valence electrons. The van der Waals surface area contributed by atoms with Gasteiger partial charge in [0.1, 0.15) is 11.5 Å². The van der Waals surface area contributed by atoms with Crippen LogP contribution in [0.1, 0.15) is 19.3 Å². The highest BCUT2D eigenvalue weighted by Crippen LogP contribution is 2.18. The van der Waals surface area contributed by atoms with Crippen LogP contribution in [0.4, 0.5) is 0 Å². The van der Waals surface area contributed by atoms with Crippen molar-refractivity contribution in [3.05, 3.63) is 60.7 Å². The fourth-order valence-electron chi connectivity index (χ4n) is 1.90. The van der Waals surface area contributed by atoms with Crippen LogP contribution in [0.15, 0.2) is 60.7 Å². The number of para-hydroxylation sites is 2. The summed E-state index contributed by atoms with van der Waals surface area (Å²) >= 11 is 0. The highest BCUT2D eigenvalue weighted by molar-refractivity contribution is 8.93. The lowest BCUT2D eigenvalue weighted by Crippen LogP contribution is -2.24. The van der Waals surface area contributed by atoms with Gasteiger partial charge in [-0.1, -0.05) is 36.4 Å². The quantitative estimate of drug-likeness (QED) is 0.366. The van der Waals surface area contributed by atoms with E-state index < -0.39 is 0 Å². The molecule has 2 nitrogen and oxygen atoms in total. The summed E-state index contributed by atoms with van der Waals surface area (Å²) in [6.07, 6.45) is 4.02. The number of rotatable bonds is 8. The predicted molar refractivity (Wildman–Crippen MR) is 96.7 cm³/mol. The lowest BCUT2D eigenvalue weighted by molar-refractivity contribution is -0.00205. The zero-order valence-corrected chi connectivity index (χ0v) is 14.8. The topological polar surface area (TPSA) is 18.5 Å². The summed E-state index contributed by atoms with van der Waals surface area (Å²) in [4.78, 5) is 0. The fraction of sp³-hybridized carbons (Fsp3) is 0.294. The Morgan fingerprint density at radius 3 is 1.67 bits per heavy atom. The van der Waals surface area contributed by atoms with Crippen molar-refractivity contribution in [2.75, 3.05) is 6.16 Å². The molecule has 0 heterocycles. The zero-order chi connectivity index (χ0) is 14.0. The Bertz CT molecular complexity index is 437. The third-order valence-corrected chi connectivity index (χ3v) is 3.32. The molecule has 0 bridgehead atoms. The molecule has 0 aliphatic rings. The van der Waals surface area contributed by atoms with Crippen LogP contribution >= 0.6 is 26.2 Å². The molecule has 0 amide bonds. The van der Waals surface area contributed by atoms with E-state index in [1.807, 2.05) is 60.7 Å². The summed E-state index contributed by atoms with van der Waals surface area (Å²) in [5.41, 5.74) is 0. The molecular formula is C17H22BrO2P. The van der Waals surface area contributed by atoms with Gasteiger partial charge in [0.2, 0.25) is 6.29 Å². The molecule has 4 heteroatoms. The van der Waals surface area contributed by atoms with Crippen LogP contribution in [0.3, 0.4) is 0 Å². The predicted octanol–water partition coefficient (Wildman–Crippen LogP) is 5.09. The van der Waals surface area contributed by atoms with E-state index in [-0.39, 0.29) is 23.3 Å². The van der Waals surface area contributed by atoms with Crippen LogP contribution in [0.5, 0.6) is 11.5 Å². The molecule has 0 aromatic heterocycles. The maximum atomic E-state index is 5.94.